The highest BCUT2D eigenvalue weighted by Gasteiger charge is 2.13. The second-order valence-corrected chi connectivity index (χ2v) is 6.43. The van der Waals surface area contributed by atoms with Gasteiger partial charge in [-0.1, -0.05) is 12.1 Å². The van der Waals surface area contributed by atoms with Crippen LogP contribution in [0.1, 0.15) is 22.3 Å². The van der Waals surface area contributed by atoms with Crippen LogP contribution in [0.25, 0.3) is 0 Å². The van der Waals surface area contributed by atoms with Gasteiger partial charge in [0.05, 0.1) is 14.2 Å². The summed E-state index contributed by atoms with van der Waals surface area (Å²) in [6.07, 6.45) is 0. The molecule has 0 bridgehead atoms. The van der Waals surface area contributed by atoms with Crippen molar-refractivity contribution in [1.29, 1.82) is 0 Å². The van der Waals surface area contributed by atoms with E-state index in [1.807, 2.05) is 45.0 Å². The predicted molar refractivity (Wildman–Crippen MR) is 102 cm³/mol. The van der Waals surface area contributed by atoms with Crippen LogP contribution in [-0.2, 0) is 11.3 Å². The van der Waals surface area contributed by atoms with Gasteiger partial charge in [-0.2, -0.15) is 0 Å². The van der Waals surface area contributed by atoms with Gasteiger partial charge in [-0.05, 0) is 61.2 Å². The second-order valence-electron chi connectivity index (χ2n) is 6.43. The molecule has 0 saturated carbocycles. The first kappa shape index (κ1) is 19.6. The average Bonchev–Trinajstić information content (AvgIpc) is 2.62. The van der Waals surface area contributed by atoms with Gasteiger partial charge in [-0.3, -0.25) is 4.79 Å². The molecule has 26 heavy (non-hydrogen) atoms. The number of amides is 1. The van der Waals surface area contributed by atoms with Crippen LogP contribution in [0.5, 0.6) is 17.2 Å². The minimum atomic E-state index is -0.0849. The highest BCUT2D eigenvalue weighted by molar-refractivity contribution is 5.77. The molecule has 0 aliphatic heterocycles. The van der Waals surface area contributed by atoms with Gasteiger partial charge in [0.1, 0.15) is 5.75 Å². The van der Waals surface area contributed by atoms with Gasteiger partial charge in [-0.15, -0.1) is 0 Å². The van der Waals surface area contributed by atoms with Gasteiger partial charge in [0.25, 0.3) is 5.91 Å². The average molecular weight is 357 g/mol. The third-order valence-corrected chi connectivity index (χ3v) is 4.41. The van der Waals surface area contributed by atoms with E-state index in [-0.39, 0.29) is 12.5 Å². The molecule has 0 aromatic heterocycles. The molecule has 5 nitrogen and oxygen atoms in total. The Labute approximate surface area is 155 Å². The number of hydrogen-bond donors (Lipinski definition) is 0. The van der Waals surface area contributed by atoms with Gasteiger partial charge in [0, 0.05) is 13.6 Å². The lowest BCUT2D eigenvalue weighted by atomic mass is 10.1. The summed E-state index contributed by atoms with van der Waals surface area (Å²) in [6, 6.07) is 9.69. The molecule has 0 saturated heterocycles. The Morgan fingerprint density at radius 3 is 2.31 bits per heavy atom. The normalized spacial score (nSPS) is 10.4. The van der Waals surface area contributed by atoms with Crippen molar-refractivity contribution in [3.8, 4) is 17.2 Å². The number of likely N-dealkylation sites (N-methyl/N-ethyl adjacent to an activating group) is 1. The smallest absolute Gasteiger partial charge is 0.260 e. The number of hydrogen-bond acceptors (Lipinski definition) is 4. The Morgan fingerprint density at radius 1 is 0.962 bits per heavy atom. The molecule has 1 amide bonds. The molecule has 0 fully saturated rings. The molecule has 2 aromatic carbocycles. The number of rotatable bonds is 7. The van der Waals surface area contributed by atoms with Crippen molar-refractivity contribution in [3.05, 3.63) is 52.6 Å². The van der Waals surface area contributed by atoms with Crippen LogP contribution in [0.4, 0.5) is 0 Å². The van der Waals surface area contributed by atoms with Crippen LogP contribution in [-0.4, -0.2) is 38.7 Å². The zero-order valence-electron chi connectivity index (χ0n) is 16.4. The summed E-state index contributed by atoms with van der Waals surface area (Å²) in [5.41, 5.74) is 4.30. The molecule has 0 atom stereocenters. The number of benzene rings is 2. The summed E-state index contributed by atoms with van der Waals surface area (Å²) >= 11 is 0. The van der Waals surface area contributed by atoms with Crippen LogP contribution in [0, 0.1) is 20.8 Å². The molecular formula is C21H27NO4. The van der Waals surface area contributed by atoms with Gasteiger partial charge in [0.2, 0.25) is 0 Å². The monoisotopic (exact) mass is 357 g/mol. The first-order valence-corrected chi connectivity index (χ1v) is 8.51. The minimum absolute atomic E-state index is 0.00746. The zero-order chi connectivity index (χ0) is 19.3. The number of nitrogens with zero attached hydrogens (tertiary/aromatic N) is 1. The molecular weight excluding hydrogens is 330 g/mol. The van der Waals surface area contributed by atoms with Crippen molar-refractivity contribution < 1.29 is 19.0 Å². The summed E-state index contributed by atoms with van der Waals surface area (Å²) in [4.78, 5) is 14.1. The summed E-state index contributed by atoms with van der Waals surface area (Å²) in [7, 11) is 4.95. The summed E-state index contributed by atoms with van der Waals surface area (Å²) in [6.45, 7) is 6.54. The van der Waals surface area contributed by atoms with E-state index in [4.69, 9.17) is 14.2 Å². The van der Waals surface area contributed by atoms with E-state index in [1.165, 1.54) is 0 Å². The van der Waals surface area contributed by atoms with Gasteiger partial charge in [-0.25, -0.2) is 0 Å². The maximum Gasteiger partial charge on any atom is 0.260 e. The topological polar surface area (TPSA) is 48.0 Å². The van der Waals surface area contributed by atoms with Crippen molar-refractivity contribution in [2.24, 2.45) is 0 Å². The van der Waals surface area contributed by atoms with E-state index in [2.05, 4.69) is 6.07 Å². The molecule has 0 aliphatic carbocycles. The maximum atomic E-state index is 12.4. The van der Waals surface area contributed by atoms with Gasteiger partial charge < -0.3 is 19.1 Å². The Hall–Kier alpha value is -2.69. The molecule has 0 N–H and O–H groups in total. The van der Waals surface area contributed by atoms with Crippen LogP contribution in [0.15, 0.2) is 30.3 Å². The fraction of sp³-hybridized carbons (Fsp3) is 0.381. The Balaban J connectivity index is 2.00. The predicted octanol–water partition coefficient (Wildman–Crippen LogP) is 3.67. The van der Waals surface area contributed by atoms with E-state index in [1.54, 1.807) is 26.2 Å². The molecule has 0 unspecified atom stereocenters. The summed E-state index contributed by atoms with van der Waals surface area (Å²) < 4.78 is 16.3. The van der Waals surface area contributed by atoms with Crippen molar-refractivity contribution in [2.45, 2.75) is 27.3 Å². The lowest BCUT2D eigenvalue weighted by Gasteiger charge is -2.19. The fourth-order valence-corrected chi connectivity index (χ4v) is 2.74. The van der Waals surface area contributed by atoms with Crippen molar-refractivity contribution in [1.82, 2.24) is 4.90 Å². The molecule has 0 aliphatic rings. The van der Waals surface area contributed by atoms with Crippen molar-refractivity contribution in [2.75, 3.05) is 27.9 Å². The third-order valence-electron chi connectivity index (χ3n) is 4.41. The highest BCUT2D eigenvalue weighted by Crippen LogP contribution is 2.28. The number of carbonyl (C=O) groups is 1. The van der Waals surface area contributed by atoms with Crippen LogP contribution in [0.2, 0.25) is 0 Å². The van der Waals surface area contributed by atoms with Gasteiger partial charge in [0.15, 0.2) is 18.1 Å². The van der Waals surface area contributed by atoms with Crippen LogP contribution < -0.4 is 14.2 Å². The SMILES string of the molecule is COc1ccc(CN(C)C(=O)COc2cc(C)cc(C)c2C)cc1OC. The van der Waals surface area contributed by atoms with Crippen molar-refractivity contribution >= 4 is 5.91 Å². The number of aryl methyl sites for hydroxylation is 2. The molecule has 5 heteroatoms. The second kappa shape index (κ2) is 8.61. The number of methoxy groups -OCH3 is 2. The highest BCUT2D eigenvalue weighted by atomic mass is 16.5. The van der Waals surface area contributed by atoms with Gasteiger partial charge >= 0.3 is 0 Å². The first-order chi connectivity index (χ1) is 12.3. The van der Waals surface area contributed by atoms with Crippen LogP contribution >= 0.6 is 0 Å². The Bertz CT molecular complexity index is 786. The van der Waals surface area contributed by atoms with E-state index in [0.717, 1.165) is 28.0 Å². The standard InChI is InChI=1S/C21H27NO4/c1-14-9-15(2)16(3)19(10-14)26-13-21(23)22(4)12-17-7-8-18(24-5)20(11-17)25-6/h7-11H,12-13H2,1-6H3. The summed E-state index contributed by atoms with van der Waals surface area (Å²) in [5.74, 6) is 1.99. The van der Waals surface area contributed by atoms with E-state index >= 15 is 0 Å². The quantitative estimate of drug-likeness (QED) is 0.759. The van der Waals surface area contributed by atoms with Crippen molar-refractivity contribution in [3.63, 3.8) is 0 Å². The van der Waals surface area contributed by atoms with E-state index in [9.17, 15) is 4.79 Å². The number of ether oxygens (including phenoxy) is 3. The Kier molecular flexibility index (Phi) is 6.50. The fourth-order valence-electron chi connectivity index (χ4n) is 2.74. The lowest BCUT2D eigenvalue weighted by Crippen LogP contribution is -2.31. The Morgan fingerprint density at radius 2 is 1.65 bits per heavy atom. The molecule has 0 heterocycles. The van der Waals surface area contributed by atoms with E-state index in [0.29, 0.717) is 18.0 Å². The lowest BCUT2D eigenvalue weighted by molar-refractivity contribution is -0.132. The largest absolute Gasteiger partial charge is 0.493 e. The zero-order valence-corrected chi connectivity index (χ0v) is 16.4. The molecule has 0 spiro atoms. The molecule has 2 aromatic rings. The maximum absolute atomic E-state index is 12.4. The third kappa shape index (κ3) is 4.69. The first-order valence-electron chi connectivity index (χ1n) is 8.51. The molecule has 140 valence electrons. The molecule has 0 radical (unpaired) electrons. The minimum Gasteiger partial charge on any atom is -0.493 e. The summed E-state index contributed by atoms with van der Waals surface area (Å²) in [5, 5.41) is 0. The number of carbonyl (C=O) groups excluding carboxylic acids is 1. The van der Waals surface area contributed by atoms with Crippen LogP contribution in [0.3, 0.4) is 0 Å². The van der Waals surface area contributed by atoms with E-state index < -0.39 is 0 Å². The molecule has 2 rings (SSSR count).